The van der Waals surface area contributed by atoms with Crippen LogP contribution in [0.5, 0.6) is 5.75 Å². The number of nitrogens with one attached hydrogen (secondary N) is 2. The third-order valence-corrected chi connectivity index (χ3v) is 12.0. The monoisotopic (exact) mass is 796 g/mol. The van der Waals surface area contributed by atoms with Crippen LogP contribution in [0.15, 0.2) is 48.7 Å². The summed E-state index contributed by atoms with van der Waals surface area (Å²) < 4.78 is 6.08. The van der Waals surface area contributed by atoms with Gasteiger partial charge in [-0.15, -0.1) is 10.2 Å². The van der Waals surface area contributed by atoms with Crippen molar-refractivity contribution in [1.29, 1.82) is 5.26 Å². The molecule has 0 spiro atoms. The van der Waals surface area contributed by atoms with E-state index in [0.717, 1.165) is 95.8 Å². The van der Waals surface area contributed by atoms with Crippen molar-refractivity contribution in [3.8, 4) is 11.8 Å². The van der Waals surface area contributed by atoms with Gasteiger partial charge in [0.15, 0.2) is 11.5 Å². The Bertz CT molecular complexity index is 1970. The summed E-state index contributed by atoms with van der Waals surface area (Å²) in [6, 6.07) is 14.1. The minimum atomic E-state index is -0.645. The van der Waals surface area contributed by atoms with Crippen molar-refractivity contribution in [2.24, 2.45) is 5.92 Å². The van der Waals surface area contributed by atoms with E-state index < -0.39 is 11.9 Å². The lowest BCUT2D eigenvalue weighted by molar-refractivity contribution is -0.144. The molecule has 4 fully saturated rings. The molecule has 3 aliphatic heterocycles. The minimum absolute atomic E-state index is 0.0262. The number of piperazine rings is 1. The van der Waals surface area contributed by atoms with E-state index >= 15 is 0 Å². The van der Waals surface area contributed by atoms with E-state index in [-0.39, 0.29) is 42.7 Å². The first-order chi connectivity index (χ1) is 27.6. The number of halogens is 1. The average molecular weight is 797 g/mol. The smallest absolute Gasteiger partial charge is 0.272 e. The third-order valence-electron chi connectivity index (χ3n) is 11.7. The molecule has 1 aliphatic carbocycles. The molecule has 0 radical (unpaired) electrons. The second-order valence-corrected chi connectivity index (χ2v) is 15.9. The van der Waals surface area contributed by atoms with Gasteiger partial charge in [-0.3, -0.25) is 34.4 Å². The molecule has 300 valence electrons. The van der Waals surface area contributed by atoms with Gasteiger partial charge in [0.25, 0.3) is 5.91 Å². The number of aromatic nitrogens is 3. The van der Waals surface area contributed by atoms with E-state index in [1.807, 2.05) is 18.2 Å². The molecule has 3 aromatic rings. The fourth-order valence-electron chi connectivity index (χ4n) is 8.21. The van der Waals surface area contributed by atoms with Crippen molar-refractivity contribution in [3.63, 3.8) is 0 Å². The number of carbonyl (C=O) groups excluding carboxylic acids is 4. The predicted octanol–water partition coefficient (Wildman–Crippen LogP) is 3.36. The van der Waals surface area contributed by atoms with Gasteiger partial charge in [0.05, 0.1) is 28.8 Å². The van der Waals surface area contributed by atoms with Gasteiger partial charge < -0.3 is 24.8 Å². The number of pyridine rings is 1. The van der Waals surface area contributed by atoms with Crippen molar-refractivity contribution < 1.29 is 23.9 Å². The quantitative estimate of drug-likeness (QED) is 0.271. The van der Waals surface area contributed by atoms with Crippen molar-refractivity contribution in [2.75, 3.05) is 62.7 Å². The molecule has 0 bridgehead atoms. The van der Waals surface area contributed by atoms with Gasteiger partial charge in [-0.25, -0.2) is 0 Å². The van der Waals surface area contributed by atoms with Crippen LogP contribution < -0.4 is 25.2 Å². The highest BCUT2D eigenvalue weighted by Crippen LogP contribution is 2.28. The Morgan fingerprint density at radius 2 is 1.72 bits per heavy atom. The Hall–Kier alpha value is -5.33. The maximum absolute atomic E-state index is 13.0. The molecule has 5 heterocycles. The van der Waals surface area contributed by atoms with Crippen LogP contribution in [0.1, 0.15) is 73.1 Å². The van der Waals surface area contributed by atoms with Crippen LogP contribution in [0.3, 0.4) is 0 Å². The molecule has 2 N–H and O–H groups in total. The number of benzene rings is 1. The molecule has 4 amide bonds. The Labute approximate surface area is 337 Å². The number of carbonyl (C=O) groups is 4. The Kier molecular flexibility index (Phi) is 12.8. The number of rotatable bonds is 11. The molecule has 1 saturated carbocycles. The molecule has 1 unspecified atom stereocenters. The van der Waals surface area contributed by atoms with Crippen molar-refractivity contribution in [1.82, 2.24) is 35.6 Å². The molecule has 2 aromatic heterocycles. The fourth-order valence-corrected chi connectivity index (χ4v) is 8.43. The van der Waals surface area contributed by atoms with E-state index in [4.69, 9.17) is 21.6 Å². The first-order valence-electron chi connectivity index (χ1n) is 19.9. The summed E-state index contributed by atoms with van der Waals surface area (Å²) in [6.45, 7) is 6.50. The highest BCUT2D eigenvalue weighted by molar-refractivity contribution is 6.31. The lowest BCUT2D eigenvalue weighted by Gasteiger charge is -2.39. The number of amides is 4. The highest BCUT2D eigenvalue weighted by Gasteiger charge is 2.33. The van der Waals surface area contributed by atoms with Crippen LogP contribution in [0.4, 0.5) is 11.5 Å². The molecule has 1 aromatic carbocycles. The molecule has 4 aliphatic rings. The molecule has 57 heavy (non-hydrogen) atoms. The standard InChI is InChI=1S/C41H49ClN10O5/c1-49(36-9-11-38(53)46-41(36)56)39(54)23-30-22-31(12-15-44-30)51-20-18-50(19-21-51)26-27-13-16-52(17-14-27)37-10-8-35(47-48-37)40(55)45-29-3-6-32(7-4-29)57-33-5-2-28(25-43)34(42)24-33/h2,5,8,10,12,15,22,24,27,29,32,36H,3-4,6-7,9,11,13-14,16-21,23,26H2,1H3,(H,45,55)(H,46,53,56). The van der Waals surface area contributed by atoms with Crippen LogP contribution in [0, 0.1) is 17.2 Å². The maximum atomic E-state index is 13.0. The van der Waals surface area contributed by atoms with Crippen molar-refractivity contribution >= 4 is 46.7 Å². The molecule has 3 saturated heterocycles. The molecular formula is C41H49ClN10O5. The van der Waals surface area contributed by atoms with Crippen LogP contribution >= 0.6 is 11.6 Å². The zero-order valence-electron chi connectivity index (χ0n) is 32.2. The molecule has 1 atom stereocenters. The zero-order chi connectivity index (χ0) is 39.9. The van der Waals surface area contributed by atoms with Crippen molar-refractivity contribution in [3.05, 3.63) is 70.6 Å². The Morgan fingerprint density at radius 3 is 2.40 bits per heavy atom. The molecule has 7 rings (SSSR count). The fraction of sp³-hybridized carbons (Fsp3) is 0.512. The second kappa shape index (κ2) is 18.3. The number of hydrogen-bond donors (Lipinski definition) is 2. The van der Waals surface area contributed by atoms with E-state index in [2.05, 4.69) is 46.6 Å². The first kappa shape index (κ1) is 39.9. The van der Waals surface area contributed by atoms with Crippen LogP contribution in [-0.2, 0) is 20.8 Å². The van der Waals surface area contributed by atoms with Gasteiger partial charge in [0.1, 0.15) is 17.9 Å². The summed E-state index contributed by atoms with van der Waals surface area (Å²) >= 11 is 6.15. The summed E-state index contributed by atoms with van der Waals surface area (Å²) in [4.78, 5) is 62.7. The number of piperidine rings is 2. The molecular weight excluding hydrogens is 748 g/mol. The predicted molar refractivity (Wildman–Crippen MR) is 213 cm³/mol. The van der Waals surface area contributed by atoms with E-state index in [9.17, 15) is 19.2 Å². The number of anilines is 2. The highest BCUT2D eigenvalue weighted by atomic mass is 35.5. The van der Waals surface area contributed by atoms with Crippen molar-refractivity contribution in [2.45, 2.75) is 76.0 Å². The first-order valence-corrected chi connectivity index (χ1v) is 20.3. The third kappa shape index (κ3) is 10.2. The second-order valence-electron chi connectivity index (χ2n) is 15.5. The number of hydrogen-bond acceptors (Lipinski definition) is 12. The van der Waals surface area contributed by atoms with Gasteiger partial charge in [-0.1, -0.05) is 11.6 Å². The molecule has 15 nitrogen and oxygen atoms in total. The summed E-state index contributed by atoms with van der Waals surface area (Å²) in [5.74, 6) is 0.873. The number of nitriles is 1. The zero-order valence-corrected chi connectivity index (χ0v) is 33.0. The van der Waals surface area contributed by atoms with Gasteiger partial charge in [0.2, 0.25) is 17.7 Å². The van der Waals surface area contributed by atoms with E-state index in [0.29, 0.717) is 40.1 Å². The van der Waals surface area contributed by atoms with E-state index in [1.54, 1.807) is 37.5 Å². The van der Waals surface area contributed by atoms with E-state index in [1.165, 1.54) is 4.90 Å². The average Bonchev–Trinajstić information content (AvgIpc) is 3.22. The maximum Gasteiger partial charge on any atom is 0.272 e. The number of likely N-dealkylation sites (N-methyl/N-ethyl adjacent to an activating group) is 1. The lowest BCUT2D eigenvalue weighted by atomic mass is 9.93. The summed E-state index contributed by atoms with van der Waals surface area (Å²) in [5, 5.41) is 23.6. The van der Waals surface area contributed by atoms with Crippen LogP contribution in [0.2, 0.25) is 5.02 Å². The SMILES string of the molecule is CN(C(=O)Cc1cc(N2CCN(CC3CCN(c4ccc(C(=O)NC5CCC(Oc6ccc(C#N)c(Cl)c6)CC5)nn4)CC3)CC2)ccn1)C1CCC(=O)NC1=O. The van der Waals surface area contributed by atoms with Gasteiger partial charge >= 0.3 is 0 Å². The number of nitrogens with zero attached hydrogens (tertiary/aromatic N) is 8. The minimum Gasteiger partial charge on any atom is -0.490 e. The van der Waals surface area contributed by atoms with Gasteiger partial charge in [-0.05, 0) is 87.3 Å². The topological polar surface area (TPSA) is 177 Å². The summed E-state index contributed by atoms with van der Waals surface area (Å²) in [5.41, 5.74) is 2.42. The van der Waals surface area contributed by atoms with Gasteiger partial charge in [-0.2, -0.15) is 5.26 Å². The normalized spacial score (nSPS) is 22.0. The Morgan fingerprint density at radius 1 is 0.947 bits per heavy atom. The Balaban J connectivity index is 0.798. The lowest BCUT2D eigenvalue weighted by Crippen LogP contribution is -2.53. The van der Waals surface area contributed by atoms with Gasteiger partial charge in [0, 0.05) is 83.3 Å². The largest absolute Gasteiger partial charge is 0.490 e. The number of imide groups is 1. The molecule has 16 heteroatoms. The van der Waals surface area contributed by atoms with Crippen LogP contribution in [-0.4, -0.2) is 120 Å². The summed E-state index contributed by atoms with van der Waals surface area (Å²) in [6.07, 6.45) is 7.70. The van der Waals surface area contributed by atoms with Crippen LogP contribution in [0.25, 0.3) is 0 Å². The summed E-state index contributed by atoms with van der Waals surface area (Å²) in [7, 11) is 1.60. The number of ether oxygens (including phenoxy) is 1.